The van der Waals surface area contributed by atoms with E-state index in [9.17, 15) is 9.59 Å². The van der Waals surface area contributed by atoms with Gasteiger partial charge >= 0.3 is 12.0 Å². The van der Waals surface area contributed by atoms with E-state index in [1.807, 2.05) is 13.8 Å². The molecule has 0 spiro atoms. The van der Waals surface area contributed by atoms with Gasteiger partial charge in [0.15, 0.2) is 0 Å². The van der Waals surface area contributed by atoms with Gasteiger partial charge in [-0.05, 0) is 38.3 Å². The molecule has 0 aromatic heterocycles. The number of carbonyl (C=O) groups is 2. The van der Waals surface area contributed by atoms with E-state index in [1.54, 1.807) is 0 Å². The minimum atomic E-state index is -0.982. The fourth-order valence-corrected chi connectivity index (χ4v) is 2.66. The lowest BCUT2D eigenvalue weighted by Gasteiger charge is -2.23. The van der Waals surface area contributed by atoms with Crippen LogP contribution < -0.4 is 10.6 Å². The van der Waals surface area contributed by atoms with E-state index < -0.39 is 12.0 Å². The maximum atomic E-state index is 11.8. The Balaban J connectivity index is 2.36. The van der Waals surface area contributed by atoms with Crippen LogP contribution in [0.2, 0.25) is 0 Å². The predicted molar refractivity (Wildman–Crippen MR) is 77.7 cm³/mol. The highest BCUT2D eigenvalue weighted by Crippen LogP contribution is 2.15. The second-order valence-electron chi connectivity index (χ2n) is 5.80. The molecule has 0 aromatic rings. The Labute approximate surface area is 120 Å². The van der Waals surface area contributed by atoms with E-state index in [0.29, 0.717) is 19.0 Å². The first-order valence-electron chi connectivity index (χ1n) is 7.45. The van der Waals surface area contributed by atoms with Gasteiger partial charge in [-0.15, -0.1) is 0 Å². The largest absolute Gasteiger partial charge is 0.480 e. The molecule has 0 aliphatic carbocycles. The molecule has 0 radical (unpaired) electrons. The Morgan fingerprint density at radius 3 is 2.65 bits per heavy atom. The third-order valence-corrected chi connectivity index (χ3v) is 3.71. The first-order chi connectivity index (χ1) is 9.43. The Morgan fingerprint density at radius 2 is 2.10 bits per heavy atom. The minimum absolute atomic E-state index is 0.224. The summed E-state index contributed by atoms with van der Waals surface area (Å²) in [5.41, 5.74) is 0. The summed E-state index contributed by atoms with van der Waals surface area (Å²) >= 11 is 0. The number of hydrogen-bond acceptors (Lipinski definition) is 3. The van der Waals surface area contributed by atoms with Crippen LogP contribution in [-0.4, -0.2) is 53.7 Å². The summed E-state index contributed by atoms with van der Waals surface area (Å²) < 4.78 is 0. The number of hydrogen-bond donors (Lipinski definition) is 3. The smallest absolute Gasteiger partial charge is 0.326 e. The van der Waals surface area contributed by atoms with Crippen LogP contribution in [0, 0.1) is 5.92 Å². The second-order valence-corrected chi connectivity index (χ2v) is 5.80. The Kier molecular flexibility index (Phi) is 6.78. The molecule has 6 nitrogen and oxygen atoms in total. The number of carboxylic acids is 1. The minimum Gasteiger partial charge on any atom is -0.480 e. The summed E-state index contributed by atoms with van der Waals surface area (Å²) in [6.45, 7) is 8.63. The van der Waals surface area contributed by atoms with Gasteiger partial charge < -0.3 is 15.7 Å². The fraction of sp³-hybridized carbons (Fsp3) is 0.857. The van der Waals surface area contributed by atoms with Gasteiger partial charge in [0.2, 0.25) is 0 Å². The summed E-state index contributed by atoms with van der Waals surface area (Å²) in [6, 6.07) is -0.832. The third kappa shape index (κ3) is 5.36. The number of nitrogens with one attached hydrogen (secondary N) is 2. The highest BCUT2D eigenvalue weighted by atomic mass is 16.4. The summed E-state index contributed by atoms with van der Waals surface area (Å²) in [7, 11) is 0. The average molecular weight is 285 g/mol. The van der Waals surface area contributed by atoms with E-state index >= 15 is 0 Å². The number of aliphatic carboxylic acids is 1. The van der Waals surface area contributed by atoms with Crippen LogP contribution in [0.3, 0.4) is 0 Å². The van der Waals surface area contributed by atoms with E-state index in [1.165, 1.54) is 0 Å². The zero-order valence-electron chi connectivity index (χ0n) is 12.7. The van der Waals surface area contributed by atoms with Gasteiger partial charge in [0.25, 0.3) is 0 Å². The van der Waals surface area contributed by atoms with E-state index in [-0.39, 0.29) is 11.9 Å². The molecule has 6 heteroatoms. The number of likely N-dealkylation sites (N-methyl/N-ethyl adjacent to an activating group) is 1. The lowest BCUT2D eigenvalue weighted by Crippen LogP contribution is -2.49. The van der Waals surface area contributed by atoms with Gasteiger partial charge in [0, 0.05) is 12.6 Å². The van der Waals surface area contributed by atoms with Gasteiger partial charge in [-0.3, -0.25) is 4.90 Å². The highest BCUT2D eigenvalue weighted by Gasteiger charge is 2.25. The monoisotopic (exact) mass is 285 g/mol. The molecule has 116 valence electrons. The topological polar surface area (TPSA) is 81.7 Å². The number of carboxylic acid groups (broad SMARTS) is 1. The van der Waals surface area contributed by atoms with Crippen LogP contribution >= 0.6 is 0 Å². The molecule has 1 fully saturated rings. The maximum absolute atomic E-state index is 11.8. The number of urea groups is 1. The Morgan fingerprint density at radius 1 is 1.40 bits per heavy atom. The normalized spacial score (nSPS) is 20.9. The van der Waals surface area contributed by atoms with Crippen LogP contribution in [0.5, 0.6) is 0 Å². The van der Waals surface area contributed by atoms with Gasteiger partial charge in [-0.2, -0.15) is 0 Å². The molecule has 0 aromatic carbocycles. The van der Waals surface area contributed by atoms with Crippen LogP contribution in [0.1, 0.15) is 40.0 Å². The number of nitrogens with zero attached hydrogens (tertiary/aromatic N) is 1. The molecule has 2 amide bonds. The van der Waals surface area contributed by atoms with Crippen molar-refractivity contribution in [3.8, 4) is 0 Å². The number of amides is 2. The van der Waals surface area contributed by atoms with E-state index in [2.05, 4.69) is 22.5 Å². The summed E-state index contributed by atoms with van der Waals surface area (Å²) in [5, 5.41) is 14.4. The Bertz CT molecular complexity index is 334. The number of rotatable bonds is 7. The molecule has 1 unspecified atom stereocenters. The van der Waals surface area contributed by atoms with Crippen molar-refractivity contribution in [2.45, 2.75) is 52.1 Å². The van der Waals surface area contributed by atoms with E-state index in [0.717, 1.165) is 25.9 Å². The van der Waals surface area contributed by atoms with Crippen molar-refractivity contribution in [2.24, 2.45) is 5.92 Å². The maximum Gasteiger partial charge on any atom is 0.326 e. The van der Waals surface area contributed by atoms with Crippen LogP contribution in [0.25, 0.3) is 0 Å². The van der Waals surface area contributed by atoms with Crippen molar-refractivity contribution in [2.75, 3.05) is 19.6 Å². The van der Waals surface area contributed by atoms with Crippen LogP contribution in [0.4, 0.5) is 4.79 Å². The molecule has 0 bridgehead atoms. The zero-order chi connectivity index (χ0) is 15.1. The molecule has 1 aliphatic heterocycles. The lowest BCUT2D eigenvalue weighted by molar-refractivity contribution is -0.139. The molecular weight excluding hydrogens is 258 g/mol. The van der Waals surface area contributed by atoms with Crippen molar-refractivity contribution in [1.29, 1.82) is 0 Å². The first kappa shape index (κ1) is 16.8. The zero-order valence-corrected chi connectivity index (χ0v) is 12.7. The van der Waals surface area contributed by atoms with Gasteiger partial charge in [0.05, 0.1) is 0 Å². The standard InChI is InChI=1S/C14H27N3O3/c1-4-17-7-5-6-11(17)9-15-14(20)16-12(13(18)19)8-10(2)3/h10-12H,4-9H2,1-3H3,(H,18,19)(H2,15,16,20)/t11?,12-/m1/s1. The molecule has 3 N–H and O–H groups in total. The van der Waals surface area contributed by atoms with E-state index in [4.69, 9.17) is 5.11 Å². The summed E-state index contributed by atoms with van der Waals surface area (Å²) in [6.07, 6.45) is 2.68. The quantitative estimate of drug-likeness (QED) is 0.658. The van der Waals surface area contributed by atoms with Crippen LogP contribution in [-0.2, 0) is 4.79 Å². The van der Waals surface area contributed by atoms with Crippen LogP contribution in [0.15, 0.2) is 0 Å². The van der Waals surface area contributed by atoms with Crippen molar-refractivity contribution in [3.63, 3.8) is 0 Å². The molecule has 2 atom stereocenters. The fourth-order valence-electron chi connectivity index (χ4n) is 2.66. The summed E-state index contributed by atoms with van der Waals surface area (Å²) in [5.74, 6) is -0.758. The molecule has 1 aliphatic rings. The second kappa shape index (κ2) is 8.09. The molecule has 0 saturated carbocycles. The average Bonchev–Trinajstić information content (AvgIpc) is 2.82. The number of likely N-dealkylation sites (tertiary alicyclic amines) is 1. The SMILES string of the molecule is CCN1CCCC1CNC(=O)N[C@H](CC(C)C)C(=O)O. The summed E-state index contributed by atoms with van der Waals surface area (Å²) in [4.78, 5) is 25.2. The predicted octanol–water partition coefficient (Wildman–Crippen LogP) is 1.27. The van der Waals surface area contributed by atoms with Gasteiger partial charge in [0.1, 0.15) is 6.04 Å². The first-order valence-corrected chi connectivity index (χ1v) is 7.45. The third-order valence-electron chi connectivity index (χ3n) is 3.71. The highest BCUT2D eigenvalue weighted by molar-refractivity contribution is 5.82. The molecular formula is C14H27N3O3. The number of carbonyl (C=O) groups excluding carboxylic acids is 1. The molecule has 20 heavy (non-hydrogen) atoms. The van der Waals surface area contributed by atoms with Crippen molar-refractivity contribution < 1.29 is 14.7 Å². The van der Waals surface area contributed by atoms with Crippen molar-refractivity contribution in [1.82, 2.24) is 15.5 Å². The van der Waals surface area contributed by atoms with Crippen molar-refractivity contribution >= 4 is 12.0 Å². The molecule has 1 saturated heterocycles. The molecule has 1 heterocycles. The molecule has 1 rings (SSSR count). The lowest BCUT2D eigenvalue weighted by atomic mass is 10.0. The van der Waals surface area contributed by atoms with Crippen molar-refractivity contribution in [3.05, 3.63) is 0 Å². The van der Waals surface area contributed by atoms with Gasteiger partial charge in [-0.1, -0.05) is 20.8 Å². The van der Waals surface area contributed by atoms with Gasteiger partial charge in [-0.25, -0.2) is 9.59 Å². The Hall–Kier alpha value is -1.30.